The summed E-state index contributed by atoms with van der Waals surface area (Å²) < 4.78 is 17.2. The van der Waals surface area contributed by atoms with Crippen molar-refractivity contribution in [2.24, 2.45) is 0 Å². The molecule has 1 aliphatic rings. The summed E-state index contributed by atoms with van der Waals surface area (Å²) in [5.74, 6) is -0.458. The summed E-state index contributed by atoms with van der Waals surface area (Å²) in [4.78, 5) is 12.2. The van der Waals surface area contributed by atoms with Gasteiger partial charge in [-0.3, -0.25) is 0 Å². The molecule has 2 atom stereocenters. The van der Waals surface area contributed by atoms with E-state index < -0.39 is 17.9 Å². The minimum atomic E-state index is -1.38. The molecule has 7 heteroatoms. The third-order valence-corrected chi connectivity index (χ3v) is 5.47. The number of esters is 1. The summed E-state index contributed by atoms with van der Waals surface area (Å²) >= 11 is 12.2. The molecule has 2 unspecified atom stereocenters. The first-order chi connectivity index (χ1) is 14.0. The van der Waals surface area contributed by atoms with Gasteiger partial charge < -0.3 is 14.2 Å². The number of nitriles is 1. The van der Waals surface area contributed by atoms with Gasteiger partial charge >= 0.3 is 5.97 Å². The number of ether oxygens (including phenoxy) is 3. The van der Waals surface area contributed by atoms with E-state index in [0.29, 0.717) is 34.2 Å². The predicted molar refractivity (Wildman–Crippen MR) is 110 cm³/mol. The second-order valence-electron chi connectivity index (χ2n) is 6.73. The highest BCUT2D eigenvalue weighted by Gasteiger charge is 2.38. The fourth-order valence-electron chi connectivity index (χ4n) is 3.14. The van der Waals surface area contributed by atoms with Crippen LogP contribution in [0.1, 0.15) is 41.6 Å². The van der Waals surface area contributed by atoms with Crippen LogP contribution < -0.4 is 0 Å². The van der Waals surface area contributed by atoms with Gasteiger partial charge in [0.05, 0.1) is 22.2 Å². The Morgan fingerprint density at radius 2 is 1.97 bits per heavy atom. The molecular weight excluding hydrogens is 413 g/mol. The maximum Gasteiger partial charge on any atom is 0.338 e. The van der Waals surface area contributed by atoms with Gasteiger partial charge in [-0.25, -0.2) is 4.79 Å². The molecule has 0 radical (unpaired) electrons. The van der Waals surface area contributed by atoms with Crippen molar-refractivity contribution in [3.8, 4) is 6.07 Å². The molecule has 1 saturated heterocycles. The van der Waals surface area contributed by atoms with Gasteiger partial charge in [0.25, 0.3) is 0 Å². The largest absolute Gasteiger partial charge is 0.462 e. The molecule has 1 aliphatic heterocycles. The smallest absolute Gasteiger partial charge is 0.338 e. The van der Waals surface area contributed by atoms with E-state index in [2.05, 4.69) is 6.07 Å². The fraction of sp³-hybridized carbons (Fsp3) is 0.364. The number of nitrogens with zero attached hydrogens (tertiary/aromatic N) is 1. The number of carbonyl (C=O) groups is 1. The normalized spacial score (nSPS) is 18.4. The van der Waals surface area contributed by atoms with E-state index in [0.717, 1.165) is 12.8 Å². The highest BCUT2D eigenvalue weighted by Crippen LogP contribution is 2.36. The molecule has 1 fully saturated rings. The minimum Gasteiger partial charge on any atom is -0.462 e. The van der Waals surface area contributed by atoms with Crippen LogP contribution >= 0.6 is 23.2 Å². The molecule has 0 spiro atoms. The summed E-state index contributed by atoms with van der Waals surface area (Å²) in [6.45, 7) is 0.574. The van der Waals surface area contributed by atoms with Crippen molar-refractivity contribution in [1.82, 2.24) is 0 Å². The zero-order chi connectivity index (χ0) is 20.7. The van der Waals surface area contributed by atoms with E-state index in [1.807, 2.05) is 6.07 Å². The molecule has 29 heavy (non-hydrogen) atoms. The number of hydrogen-bond acceptors (Lipinski definition) is 5. The number of halogens is 2. The van der Waals surface area contributed by atoms with Gasteiger partial charge in [-0.05, 0) is 49.1 Å². The first-order valence-corrected chi connectivity index (χ1v) is 10.2. The predicted octanol–water partition coefficient (Wildman–Crippen LogP) is 5.50. The van der Waals surface area contributed by atoms with Crippen LogP contribution in [0.25, 0.3) is 0 Å². The van der Waals surface area contributed by atoms with Crippen molar-refractivity contribution in [3.05, 3.63) is 69.7 Å². The molecule has 0 aliphatic carbocycles. The Hall–Kier alpha value is -2.10. The van der Waals surface area contributed by atoms with Crippen LogP contribution in [-0.4, -0.2) is 25.5 Å². The number of rotatable bonds is 7. The van der Waals surface area contributed by atoms with Gasteiger partial charge in [0.15, 0.2) is 11.9 Å². The molecule has 0 aromatic heterocycles. The zero-order valence-electron chi connectivity index (χ0n) is 15.8. The maximum absolute atomic E-state index is 12.2. The Morgan fingerprint density at radius 1 is 1.17 bits per heavy atom. The average molecular weight is 434 g/mol. The third kappa shape index (κ3) is 5.49. The Bertz CT molecular complexity index is 878. The highest BCUT2D eigenvalue weighted by molar-refractivity contribution is 6.42. The molecule has 0 bridgehead atoms. The molecule has 2 aromatic rings. The molecule has 2 aromatic carbocycles. The van der Waals surface area contributed by atoms with Crippen LogP contribution in [0.4, 0.5) is 0 Å². The fourth-order valence-corrected chi connectivity index (χ4v) is 3.44. The SMILES string of the molecule is N#CC(CCOC(=O)c1ccccc1)(OC1CCCCO1)c1ccc(Cl)c(Cl)c1. The summed E-state index contributed by atoms with van der Waals surface area (Å²) in [5, 5.41) is 10.8. The first kappa shape index (κ1) is 21.6. The van der Waals surface area contributed by atoms with Crippen LogP contribution in [0.2, 0.25) is 10.0 Å². The van der Waals surface area contributed by atoms with Crippen LogP contribution in [0.3, 0.4) is 0 Å². The van der Waals surface area contributed by atoms with Crippen LogP contribution in [0, 0.1) is 11.3 Å². The van der Waals surface area contributed by atoms with Crippen molar-refractivity contribution in [1.29, 1.82) is 5.26 Å². The summed E-state index contributed by atoms with van der Waals surface area (Å²) in [6.07, 6.45) is 2.22. The average Bonchev–Trinajstić information content (AvgIpc) is 2.76. The second-order valence-corrected chi connectivity index (χ2v) is 7.55. The Kier molecular flexibility index (Phi) is 7.51. The monoisotopic (exact) mass is 433 g/mol. The van der Waals surface area contributed by atoms with E-state index in [4.69, 9.17) is 37.4 Å². The van der Waals surface area contributed by atoms with Crippen LogP contribution in [0.15, 0.2) is 48.5 Å². The number of benzene rings is 2. The van der Waals surface area contributed by atoms with Crippen molar-refractivity contribution in [3.63, 3.8) is 0 Å². The van der Waals surface area contributed by atoms with E-state index in [9.17, 15) is 10.1 Å². The summed E-state index contributed by atoms with van der Waals surface area (Å²) in [6, 6.07) is 15.8. The lowest BCUT2D eigenvalue weighted by atomic mass is 9.91. The number of hydrogen-bond donors (Lipinski definition) is 0. The van der Waals surface area contributed by atoms with Gasteiger partial charge in [-0.2, -0.15) is 5.26 Å². The molecule has 1 heterocycles. The molecular formula is C22H21Cl2NO4. The van der Waals surface area contributed by atoms with Crippen LogP contribution in [0.5, 0.6) is 0 Å². The van der Waals surface area contributed by atoms with Crippen molar-refractivity contribution in [2.75, 3.05) is 13.2 Å². The van der Waals surface area contributed by atoms with Gasteiger partial charge in [-0.15, -0.1) is 0 Å². The molecule has 3 rings (SSSR count). The summed E-state index contributed by atoms with van der Waals surface area (Å²) in [7, 11) is 0. The highest BCUT2D eigenvalue weighted by atomic mass is 35.5. The van der Waals surface area contributed by atoms with Gasteiger partial charge in [0, 0.05) is 13.0 Å². The Morgan fingerprint density at radius 3 is 2.62 bits per heavy atom. The molecule has 0 N–H and O–H groups in total. The Labute approximate surface area is 180 Å². The second kappa shape index (κ2) is 10.1. The van der Waals surface area contributed by atoms with Gasteiger partial charge in [0.2, 0.25) is 0 Å². The first-order valence-electron chi connectivity index (χ1n) is 9.42. The maximum atomic E-state index is 12.2. The lowest BCUT2D eigenvalue weighted by Gasteiger charge is -2.33. The third-order valence-electron chi connectivity index (χ3n) is 4.73. The van der Waals surface area contributed by atoms with Gasteiger partial charge in [0.1, 0.15) is 6.07 Å². The van der Waals surface area contributed by atoms with Crippen molar-refractivity contribution in [2.45, 2.75) is 37.6 Å². The lowest BCUT2D eigenvalue weighted by molar-refractivity contribution is -0.215. The zero-order valence-corrected chi connectivity index (χ0v) is 17.3. The van der Waals surface area contributed by atoms with E-state index >= 15 is 0 Å². The molecule has 0 amide bonds. The lowest BCUT2D eigenvalue weighted by Crippen LogP contribution is -2.37. The quantitative estimate of drug-likeness (QED) is 0.538. The van der Waals surface area contributed by atoms with Gasteiger partial charge in [-0.1, -0.05) is 47.5 Å². The van der Waals surface area contributed by atoms with E-state index in [1.54, 1.807) is 42.5 Å². The topological polar surface area (TPSA) is 68.5 Å². The number of carbonyl (C=O) groups excluding carboxylic acids is 1. The molecule has 0 saturated carbocycles. The summed E-state index contributed by atoms with van der Waals surface area (Å²) in [5.41, 5.74) is -0.395. The minimum absolute atomic E-state index is 0.00570. The molecule has 5 nitrogen and oxygen atoms in total. The van der Waals surface area contributed by atoms with E-state index in [-0.39, 0.29) is 13.0 Å². The standard InChI is InChI=1S/C22H21Cl2NO4/c23-18-10-9-17(14-19(18)24)22(15-25,29-20-8-4-5-12-27-20)11-13-28-21(26)16-6-2-1-3-7-16/h1-3,6-7,9-10,14,20H,4-5,8,11-13H2. The molecule has 152 valence electrons. The van der Waals surface area contributed by atoms with Crippen LogP contribution in [-0.2, 0) is 19.8 Å². The van der Waals surface area contributed by atoms with Crippen molar-refractivity contribution < 1.29 is 19.0 Å². The van der Waals surface area contributed by atoms with E-state index in [1.165, 1.54) is 0 Å². The van der Waals surface area contributed by atoms with Crippen molar-refractivity contribution >= 4 is 29.2 Å². The Balaban J connectivity index is 1.78.